The van der Waals surface area contributed by atoms with Crippen molar-refractivity contribution in [3.05, 3.63) is 98.4 Å². The van der Waals surface area contributed by atoms with Gasteiger partial charge in [0.15, 0.2) is 5.84 Å². The number of para-hydroxylation sites is 1. The fraction of sp³-hybridized carbons (Fsp3) is 0.148. The molecule has 1 aromatic heterocycles. The van der Waals surface area contributed by atoms with Crippen LogP contribution in [0.15, 0.2) is 75.0 Å². The van der Waals surface area contributed by atoms with Crippen molar-refractivity contribution in [2.75, 3.05) is 5.32 Å². The minimum atomic E-state index is -4.73. The Morgan fingerprint density at radius 3 is 2.52 bits per heavy atom. The van der Waals surface area contributed by atoms with Crippen LogP contribution in [-0.4, -0.2) is 30.3 Å². The van der Waals surface area contributed by atoms with E-state index >= 15 is 0 Å². The Balaban J connectivity index is 1.61. The molecule has 42 heavy (non-hydrogen) atoms. The number of carbonyl (C=O) groups excluding carboxylic acids is 1. The number of alkyl halides is 3. The van der Waals surface area contributed by atoms with Crippen LogP contribution in [0.25, 0.3) is 22.1 Å². The first kappa shape index (κ1) is 29.1. The molecule has 1 aliphatic heterocycles. The summed E-state index contributed by atoms with van der Waals surface area (Å²) >= 11 is 6.24. The number of carbonyl (C=O) groups is 1. The Labute approximate surface area is 240 Å². The van der Waals surface area contributed by atoms with E-state index in [1.165, 1.54) is 24.3 Å². The van der Waals surface area contributed by atoms with Crippen LogP contribution in [-0.2, 0) is 32.3 Å². The SMILES string of the molecule is Cc1cc2c(-c3cccc(C4=NOC(S(=O)(=O)O)N4)c3)c(CC(=O)Nc3ccccc3C(F)(F)F)c(=O)oc2cc1Cl. The van der Waals surface area contributed by atoms with Gasteiger partial charge in [0.25, 0.3) is 0 Å². The van der Waals surface area contributed by atoms with Crippen molar-refractivity contribution in [2.24, 2.45) is 5.16 Å². The quantitative estimate of drug-likeness (QED) is 0.200. The standard InChI is InChI=1S/C27H19ClF3N3O7S/c1-13-9-16-21(12-19(13)28)40-25(36)17(11-22(35)32-20-8-3-2-7-18(20)27(29,30)31)23(16)14-5-4-6-15(10-14)24-33-26(41-34-24)42(37,38)39/h2-10,12,26H,11H2,1H3,(H,32,35)(H,33,34)(H,37,38,39). The van der Waals surface area contributed by atoms with E-state index in [0.717, 1.165) is 12.1 Å². The van der Waals surface area contributed by atoms with Crippen LogP contribution in [0.3, 0.4) is 0 Å². The van der Waals surface area contributed by atoms with Gasteiger partial charge in [0.05, 0.1) is 23.2 Å². The molecule has 0 radical (unpaired) electrons. The lowest BCUT2D eigenvalue weighted by Crippen LogP contribution is -2.36. The highest BCUT2D eigenvalue weighted by Gasteiger charge is 2.34. The number of rotatable bonds is 6. The molecule has 5 rings (SSSR count). The van der Waals surface area contributed by atoms with Crippen molar-refractivity contribution in [1.29, 1.82) is 0 Å². The van der Waals surface area contributed by atoms with Crippen LogP contribution < -0.4 is 16.3 Å². The normalized spacial score (nSPS) is 15.2. The van der Waals surface area contributed by atoms with E-state index in [9.17, 15) is 35.7 Å². The summed E-state index contributed by atoms with van der Waals surface area (Å²) in [6.07, 6.45) is -5.39. The molecule has 218 valence electrons. The number of hydrogen-bond acceptors (Lipinski definition) is 8. The second kappa shape index (κ2) is 10.8. The molecule has 1 unspecified atom stereocenters. The van der Waals surface area contributed by atoms with Crippen LogP contribution in [0.5, 0.6) is 0 Å². The van der Waals surface area contributed by atoms with Crippen molar-refractivity contribution in [3.8, 4) is 11.1 Å². The van der Waals surface area contributed by atoms with Crippen LogP contribution >= 0.6 is 11.6 Å². The molecular formula is C27H19ClF3N3O7S. The summed E-state index contributed by atoms with van der Waals surface area (Å²) in [7, 11) is -4.64. The highest BCUT2D eigenvalue weighted by atomic mass is 35.5. The average Bonchev–Trinajstić information content (AvgIpc) is 3.42. The Hall–Kier alpha value is -4.40. The van der Waals surface area contributed by atoms with Crippen LogP contribution in [0.4, 0.5) is 18.9 Å². The third kappa shape index (κ3) is 5.82. The molecule has 3 aromatic carbocycles. The molecule has 0 saturated carbocycles. The molecule has 2 heterocycles. The largest absolute Gasteiger partial charge is 0.422 e. The van der Waals surface area contributed by atoms with E-state index in [0.29, 0.717) is 27.1 Å². The summed E-state index contributed by atoms with van der Waals surface area (Å²) < 4.78 is 78.0. The van der Waals surface area contributed by atoms with Crippen LogP contribution in [0.2, 0.25) is 5.02 Å². The molecular weight excluding hydrogens is 603 g/mol. The Bertz CT molecular complexity index is 1940. The van der Waals surface area contributed by atoms with Crippen molar-refractivity contribution >= 4 is 50.1 Å². The van der Waals surface area contributed by atoms with Gasteiger partial charge in [-0.25, -0.2) is 4.79 Å². The predicted octanol–water partition coefficient (Wildman–Crippen LogP) is 5.07. The summed E-state index contributed by atoms with van der Waals surface area (Å²) in [6.45, 7) is 1.71. The number of aryl methyl sites for hydroxylation is 1. The third-order valence-corrected chi connectivity index (χ3v) is 7.47. The Kier molecular flexibility index (Phi) is 7.47. The maximum absolute atomic E-state index is 13.5. The molecule has 15 heteroatoms. The molecule has 4 aromatic rings. The summed E-state index contributed by atoms with van der Waals surface area (Å²) in [5.41, 5.74) is -2.87. The first-order valence-corrected chi connectivity index (χ1v) is 13.9. The number of hydrogen-bond donors (Lipinski definition) is 3. The highest BCUT2D eigenvalue weighted by Crippen LogP contribution is 2.36. The van der Waals surface area contributed by atoms with Gasteiger partial charge in [-0.05, 0) is 42.3 Å². The fourth-order valence-corrected chi connectivity index (χ4v) is 4.97. The smallest absolute Gasteiger partial charge is 0.418 e. The topological polar surface area (TPSA) is 147 Å². The summed E-state index contributed by atoms with van der Waals surface area (Å²) in [4.78, 5) is 31.0. The molecule has 0 spiro atoms. The van der Waals surface area contributed by atoms with E-state index in [1.54, 1.807) is 31.2 Å². The first-order chi connectivity index (χ1) is 19.7. The zero-order valence-electron chi connectivity index (χ0n) is 21.3. The number of amidine groups is 1. The average molecular weight is 622 g/mol. The van der Waals surface area contributed by atoms with Gasteiger partial charge in [-0.2, -0.15) is 21.6 Å². The van der Waals surface area contributed by atoms with Crippen LogP contribution in [0.1, 0.15) is 22.3 Å². The third-order valence-electron chi connectivity index (χ3n) is 6.31. The van der Waals surface area contributed by atoms with Crippen molar-refractivity contribution < 1.29 is 40.2 Å². The minimum Gasteiger partial charge on any atom is -0.422 e. The predicted molar refractivity (Wildman–Crippen MR) is 148 cm³/mol. The molecule has 3 N–H and O–H groups in total. The number of benzene rings is 3. The van der Waals surface area contributed by atoms with Gasteiger partial charge in [-0.3, -0.25) is 9.35 Å². The zero-order chi connectivity index (χ0) is 30.4. The lowest BCUT2D eigenvalue weighted by Gasteiger charge is -2.16. The van der Waals surface area contributed by atoms with Gasteiger partial charge < -0.3 is 19.9 Å². The number of oxime groups is 1. The van der Waals surface area contributed by atoms with E-state index in [2.05, 4.69) is 15.8 Å². The number of halogens is 4. The van der Waals surface area contributed by atoms with Gasteiger partial charge in [-0.15, -0.1) is 0 Å². The van der Waals surface area contributed by atoms with E-state index in [1.807, 2.05) is 0 Å². The first-order valence-electron chi connectivity index (χ1n) is 12.0. The monoisotopic (exact) mass is 621 g/mol. The van der Waals surface area contributed by atoms with Crippen molar-refractivity contribution in [1.82, 2.24) is 5.32 Å². The zero-order valence-corrected chi connectivity index (χ0v) is 22.9. The highest BCUT2D eigenvalue weighted by molar-refractivity contribution is 7.86. The molecule has 0 bridgehead atoms. The number of nitrogens with one attached hydrogen (secondary N) is 2. The number of amides is 1. The lowest BCUT2D eigenvalue weighted by atomic mass is 9.93. The number of fused-ring (bicyclic) bond motifs is 1. The van der Waals surface area contributed by atoms with Crippen molar-refractivity contribution in [2.45, 2.75) is 25.1 Å². The summed E-state index contributed by atoms with van der Waals surface area (Å²) in [5, 5.41) is 8.98. The van der Waals surface area contributed by atoms with Gasteiger partial charge in [-0.1, -0.05) is 47.1 Å². The van der Waals surface area contributed by atoms with Crippen molar-refractivity contribution in [3.63, 3.8) is 0 Å². The number of anilines is 1. The van der Waals surface area contributed by atoms with Gasteiger partial charge in [0.1, 0.15) is 5.58 Å². The second-order valence-corrected chi connectivity index (χ2v) is 11.1. The number of nitrogens with zero attached hydrogens (tertiary/aromatic N) is 1. The van der Waals surface area contributed by atoms with Crippen LogP contribution in [0, 0.1) is 6.92 Å². The lowest BCUT2D eigenvalue weighted by molar-refractivity contribution is -0.137. The minimum absolute atomic E-state index is 0.0472. The summed E-state index contributed by atoms with van der Waals surface area (Å²) in [6, 6.07) is 13.7. The fourth-order valence-electron chi connectivity index (χ4n) is 4.41. The molecule has 10 nitrogen and oxygen atoms in total. The van der Waals surface area contributed by atoms with E-state index in [4.69, 9.17) is 20.9 Å². The molecule has 1 atom stereocenters. The molecule has 0 aliphatic carbocycles. The Morgan fingerprint density at radius 2 is 1.83 bits per heavy atom. The van der Waals surface area contributed by atoms with E-state index < -0.39 is 51.1 Å². The van der Waals surface area contributed by atoms with Gasteiger partial charge in [0.2, 0.25) is 5.91 Å². The van der Waals surface area contributed by atoms with Gasteiger partial charge in [0, 0.05) is 27.6 Å². The summed E-state index contributed by atoms with van der Waals surface area (Å²) in [5.74, 6) is -0.957. The molecule has 0 fully saturated rings. The second-order valence-electron chi connectivity index (χ2n) is 9.23. The Morgan fingerprint density at radius 1 is 1.12 bits per heavy atom. The van der Waals surface area contributed by atoms with Gasteiger partial charge >= 0.3 is 27.5 Å². The molecule has 1 amide bonds. The maximum Gasteiger partial charge on any atom is 0.418 e. The maximum atomic E-state index is 13.5. The molecule has 1 aliphatic rings. The van der Waals surface area contributed by atoms with E-state index in [-0.39, 0.29) is 22.5 Å². The molecule has 0 saturated heterocycles.